The first kappa shape index (κ1) is 16.7. The molecule has 0 fully saturated rings. The van der Waals surface area contributed by atoms with E-state index in [0.717, 1.165) is 28.1 Å². The summed E-state index contributed by atoms with van der Waals surface area (Å²) < 4.78 is 0. The predicted molar refractivity (Wildman–Crippen MR) is 93.8 cm³/mol. The van der Waals surface area contributed by atoms with Gasteiger partial charge in [-0.2, -0.15) is 0 Å². The Labute approximate surface area is 137 Å². The van der Waals surface area contributed by atoms with Crippen LogP contribution in [0.15, 0.2) is 42.5 Å². The van der Waals surface area contributed by atoms with Gasteiger partial charge in [0.1, 0.15) is 6.54 Å². The number of aryl methyl sites for hydroxylation is 2. The van der Waals surface area contributed by atoms with Crippen LogP contribution in [0, 0.1) is 20.8 Å². The molecule has 120 valence electrons. The zero-order chi connectivity index (χ0) is 17.0. The van der Waals surface area contributed by atoms with Crippen molar-refractivity contribution in [3.8, 4) is 0 Å². The van der Waals surface area contributed by atoms with Crippen LogP contribution in [0.5, 0.6) is 0 Å². The smallest absolute Gasteiger partial charge is 0.244 e. The maximum absolute atomic E-state index is 12.3. The first-order valence-electron chi connectivity index (χ1n) is 7.60. The van der Waals surface area contributed by atoms with E-state index in [4.69, 9.17) is 0 Å². The van der Waals surface area contributed by atoms with E-state index in [0.29, 0.717) is 0 Å². The van der Waals surface area contributed by atoms with Gasteiger partial charge in [0.15, 0.2) is 0 Å². The van der Waals surface area contributed by atoms with E-state index in [1.54, 1.807) is 0 Å². The summed E-state index contributed by atoms with van der Waals surface area (Å²) in [4.78, 5) is 25.9. The van der Waals surface area contributed by atoms with Gasteiger partial charge in [0.05, 0.1) is 0 Å². The summed E-state index contributed by atoms with van der Waals surface area (Å²) in [6.45, 7) is 7.35. The second kappa shape index (κ2) is 7.09. The molecule has 0 saturated heterocycles. The van der Waals surface area contributed by atoms with E-state index < -0.39 is 0 Å². The summed E-state index contributed by atoms with van der Waals surface area (Å²) in [5, 5.41) is 2.87. The van der Waals surface area contributed by atoms with Crippen molar-refractivity contribution < 1.29 is 9.59 Å². The van der Waals surface area contributed by atoms with E-state index in [1.807, 2.05) is 63.2 Å². The van der Waals surface area contributed by atoms with E-state index in [1.165, 1.54) is 11.8 Å². The number of hydrogen-bond donors (Lipinski definition) is 1. The van der Waals surface area contributed by atoms with Gasteiger partial charge in [-0.15, -0.1) is 0 Å². The second-order valence-corrected chi connectivity index (χ2v) is 5.69. The van der Waals surface area contributed by atoms with Crippen molar-refractivity contribution in [1.29, 1.82) is 0 Å². The van der Waals surface area contributed by atoms with Crippen LogP contribution in [0.25, 0.3) is 0 Å². The molecule has 0 aliphatic rings. The summed E-state index contributed by atoms with van der Waals surface area (Å²) in [5.41, 5.74) is 4.63. The van der Waals surface area contributed by atoms with Gasteiger partial charge in [0, 0.05) is 18.3 Å². The highest BCUT2D eigenvalue weighted by Crippen LogP contribution is 2.23. The highest BCUT2D eigenvalue weighted by atomic mass is 16.2. The van der Waals surface area contributed by atoms with Crippen LogP contribution in [0.3, 0.4) is 0 Å². The second-order valence-electron chi connectivity index (χ2n) is 5.69. The van der Waals surface area contributed by atoms with E-state index in [-0.39, 0.29) is 18.4 Å². The summed E-state index contributed by atoms with van der Waals surface area (Å²) in [7, 11) is 0. The molecule has 0 heterocycles. The molecule has 0 radical (unpaired) electrons. The molecule has 0 atom stereocenters. The van der Waals surface area contributed by atoms with Gasteiger partial charge in [-0.05, 0) is 49.6 Å². The number of rotatable bonds is 4. The van der Waals surface area contributed by atoms with E-state index >= 15 is 0 Å². The van der Waals surface area contributed by atoms with Crippen LogP contribution >= 0.6 is 0 Å². The van der Waals surface area contributed by atoms with Crippen LogP contribution in [-0.4, -0.2) is 18.4 Å². The number of anilines is 2. The maximum Gasteiger partial charge on any atom is 0.244 e. The zero-order valence-electron chi connectivity index (χ0n) is 14.0. The fourth-order valence-corrected chi connectivity index (χ4v) is 2.44. The molecule has 2 aromatic rings. The molecular formula is C19H22N2O2. The fraction of sp³-hybridized carbons (Fsp3) is 0.263. The third-order valence-electron chi connectivity index (χ3n) is 3.97. The van der Waals surface area contributed by atoms with Crippen molar-refractivity contribution in [1.82, 2.24) is 0 Å². The van der Waals surface area contributed by atoms with Crippen LogP contribution < -0.4 is 10.2 Å². The van der Waals surface area contributed by atoms with Crippen molar-refractivity contribution >= 4 is 23.2 Å². The molecule has 0 unspecified atom stereocenters. The van der Waals surface area contributed by atoms with Gasteiger partial charge < -0.3 is 10.2 Å². The lowest BCUT2D eigenvalue weighted by Crippen LogP contribution is -2.37. The Kier molecular flexibility index (Phi) is 5.16. The summed E-state index contributed by atoms with van der Waals surface area (Å²) in [5.74, 6) is -0.367. The van der Waals surface area contributed by atoms with Crippen molar-refractivity contribution in [3.63, 3.8) is 0 Å². The third kappa shape index (κ3) is 3.97. The molecule has 4 heteroatoms. The topological polar surface area (TPSA) is 49.4 Å². The van der Waals surface area contributed by atoms with Gasteiger partial charge in [0.25, 0.3) is 0 Å². The molecule has 0 spiro atoms. The number of amides is 2. The lowest BCUT2D eigenvalue weighted by Gasteiger charge is -2.23. The maximum atomic E-state index is 12.3. The normalized spacial score (nSPS) is 10.3. The first-order valence-corrected chi connectivity index (χ1v) is 7.60. The molecule has 0 saturated carbocycles. The van der Waals surface area contributed by atoms with Crippen molar-refractivity contribution in [2.24, 2.45) is 0 Å². The molecule has 0 aromatic heterocycles. The van der Waals surface area contributed by atoms with Crippen LogP contribution in [-0.2, 0) is 9.59 Å². The monoisotopic (exact) mass is 310 g/mol. The molecule has 2 amide bonds. The zero-order valence-corrected chi connectivity index (χ0v) is 14.0. The van der Waals surface area contributed by atoms with Gasteiger partial charge in [0.2, 0.25) is 11.8 Å². The molecule has 2 aromatic carbocycles. The van der Waals surface area contributed by atoms with Gasteiger partial charge in [-0.1, -0.05) is 30.3 Å². The molecule has 0 aliphatic carbocycles. The quantitative estimate of drug-likeness (QED) is 0.938. The minimum absolute atomic E-state index is 0.00599. The standard InChI is InChI=1S/C19H22N2O2/c1-13-9-7-11-18(15(13)3)21(16(4)22)12-19(23)20-17-10-6-5-8-14(17)2/h5-11H,12H2,1-4H3,(H,20,23). The lowest BCUT2D eigenvalue weighted by molar-refractivity contribution is -0.120. The van der Waals surface area contributed by atoms with E-state index in [9.17, 15) is 9.59 Å². The number of para-hydroxylation sites is 1. The molecule has 1 N–H and O–H groups in total. The molecule has 23 heavy (non-hydrogen) atoms. The van der Waals surface area contributed by atoms with Crippen molar-refractivity contribution in [2.75, 3.05) is 16.8 Å². The first-order chi connectivity index (χ1) is 10.9. The van der Waals surface area contributed by atoms with Gasteiger partial charge in [-0.25, -0.2) is 0 Å². The largest absolute Gasteiger partial charge is 0.324 e. The Hall–Kier alpha value is -2.62. The van der Waals surface area contributed by atoms with Gasteiger partial charge in [-0.3, -0.25) is 9.59 Å². The number of benzene rings is 2. The van der Waals surface area contributed by atoms with Gasteiger partial charge >= 0.3 is 0 Å². The number of hydrogen-bond acceptors (Lipinski definition) is 2. The number of carbonyl (C=O) groups is 2. The Morgan fingerprint density at radius 1 is 0.957 bits per heavy atom. The van der Waals surface area contributed by atoms with Crippen LogP contribution in [0.2, 0.25) is 0 Å². The van der Waals surface area contributed by atoms with E-state index in [2.05, 4.69) is 5.32 Å². The van der Waals surface area contributed by atoms with Crippen molar-refractivity contribution in [3.05, 3.63) is 59.2 Å². The minimum Gasteiger partial charge on any atom is -0.324 e. The number of nitrogens with one attached hydrogen (secondary N) is 1. The average Bonchev–Trinajstić information content (AvgIpc) is 2.50. The molecular weight excluding hydrogens is 288 g/mol. The SMILES string of the molecule is CC(=O)N(CC(=O)Nc1ccccc1C)c1cccc(C)c1C. The Morgan fingerprint density at radius 2 is 1.61 bits per heavy atom. The van der Waals surface area contributed by atoms with Crippen LogP contribution in [0.1, 0.15) is 23.6 Å². The molecule has 0 bridgehead atoms. The number of nitrogens with zero attached hydrogens (tertiary/aromatic N) is 1. The summed E-state index contributed by atoms with van der Waals surface area (Å²) >= 11 is 0. The van der Waals surface area contributed by atoms with Crippen LogP contribution in [0.4, 0.5) is 11.4 Å². The highest BCUT2D eigenvalue weighted by molar-refractivity contribution is 6.02. The third-order valence-corrected chi connectivity index (χ3v) is 3.97. The van der Waals surface area contributed by atoms with Crippen molar-refractivity contribution in [2.45, 2.75) is 27.7 Å². The number of carbonyl (C=O) groups excluding carboxylic acids is 2. The predicted octanol–water partition coefficient (Wildman–Crippen LogP) is 3.60. The summed E-state index contributed by atoms with van der Waals surface area (Å²) in [6.07, 6.45) is 0. The summed E-state index contributed by atoms with van der Waals surface area (Å²) in [6, 6.07) is 13.3. The fourth-order valence-electron chi connectivity index (χ4n) is 2.44. The average molecular weight is 310 g/mol. The minimum atomic E-state index is -0.213. The highest BCUT2D eigenvalue weighted by Gasteiger charge is 2.18. The molecule has 4 nitrogen and oxygen atoms in total. The Bertz CT molecular complexity index is 738. The lowest BCUT2D eigenvalue weighted by atomic mass is 10.1. The molecule has 0 aliphatic heterocycles. The molecule has 2 rings (SSSR count). The Morgan fingerprint density at radius 3 is 2.26 bits per heavy atom. The Balaban J connectivity index is 2.20.